The van der Waals surface area contributed by atoms with Crippen molar-refractivity contribution >= 4 is 23.5 Å². The Balaban J connectivity index is 1.63. The number of anilines is 1. The maximum absolute atomic E-state index is 11.6. The zero-order valence-electron chi connectivity index (χ0n) is 12.9. The molecule has 1 aromatic heterocycles. The molecule has 0 saturated carbocycles. The van der Waals surface area contributed by atoms with Crippen molar-refractivity contribution < 1.29 is 4.79 Å². The van der Waals surface area contributed by atoms with Crippen molar-refractivity contribution in [3.05, 3.63) is 23.9 Å². The van der Waals surface area contributed by atoms with Crippen molar-refractivity contribution in [2.75, 3.05) is 49.1 Å². The first-order valence-electron chi connectivity index (χ1n) is 8.04. The van der Waals surface area contributed by atoms with E-state index in [4.69, 9.17) is 5.73 Å². The number of hydrogen-bond acceptors (Lipinski definition) is 5. The molecule has 0 bridgehead atoms. The summed E-state index contributed by atoms with van der Waals surface area (Å²) < 4.78 is 0. The maximum atomic E-state index is 11.6. The SMILES string of the molecule is NC(=O)c1cccnc1N1CCCN(CC2CCSC2)CC1. The van der Waals surface area contributed by atoms with Crippen molar-refractivity contribution in [3.63, 3.8) is 0 Å². The maximum Gasteiger partial charge on any atom is 0.252 e. The lowest BCUT2D eigenvalue weighted by molar-refractivity contribution is 0.100. The van der Waals surface area contributed by atoms with E-state index in [1.165, 1.54) is 24.5 Å². The molecule has 1 amide bonds. The monoisotopic (exact) mass is 320 g/mol. The third-order valence-electron chi connectivity index (χ3n) is 4.48. The minimum absolute atomic E-state index is 0.396. The van der Waals surface area contributed by atoms with Gasteiger partial charge in [0.2, 0.25) is 0 Å². The number of pyridine rings is 1. The topological polar surface area (TPSA) is 62.5 Å². The van der Waals surface area contributed by atoms with Crippen LogP contribution in [-0.2, 0) is 0 Å². The summed E-state index contributed by atoms with van der Waals surface area (Å²) in [6, 6.07) is 3.54. The van der Waals surface area contributed by atoms with E-state index < -0.39 is 5.91 Å². The molecular formula is C16H24N4OS. The normalized spacial score (nSPS) is 23.5. The van der Waals surface area contributed by atoms with Crippen LogP contribution in [0.3, 0.4) is 0 Å². The molecule has 0 aromatic carbocycles. The number of nitrogens with zero attached hydrogens (tertiary/aromatic N) is 3. The minimum atomic E-state index is -0.396. The number of rotatable bonds is 4. The van der Waals surface area contributed by atoms with E-state index in [0.29, 0.717) is 5.56 Å². The van der Waals surface area contributed by atoms with Gasteiger partial charge in [0.25, 0.3) is 5.91 Å². The number of carbonyl (C=O) groups excluding carboxylic acids is 1. The van der Waals surface area contributed by atoms with Gasteiger partial charge >= 0.3 is 0 Å². The highest BCUT2D eigenvalue weighted by Crippen LogP contribution is 2.25. The highest BCUT2D eigenvalue weighted by atomic mass is 32.2. The van der Waals surface area contributed by atoms with E-state index in [1.54, 1.807) is 18.3 Å². The summed E-state index contributed by atoms with van der Waals surface area (Å²) in [4.78, 5) is 20.8. The fourth-order valence-corrected chi connectivity index (χ4v) is 4.57. The van der Waals surface area contributed by atoms with Crippen molar-refractivity contribution in [2.45, 2.75) is 12.8 Å². The van der Waals surface area contributed by atoms with Gasteiger partial charge in [0.15, 0.2) is 0 Å². The van der Waals surface area contributed by atoms with Crippen LogP contribution in [0.1, 0.15) is 23.2 Å². The molecule has 120 valence electrons. The lowest BCUT2D eigenvalue weighted by Gasteiger charge is -2.25. The smallest absolute Gasteiger partial charge is 0.252 e. The van der Waals surface area contributed by atoms with Crippen LogP contribution in [0.15, 0.2) is 18.3 Å². The molecule has 2 fully saturated rings. The third kappa shape index (κ3) is 3.73. The predicted molar refractivity (Wildman–Crippen MR) is 91.5 cm³/mol. The number of nitrogens with two attached hydrogens (primary N) is 1. The Morgan fingerprint density at radius 3 is 3.05 bits per heavy atom. The summed E-state index contributed by atoms with van der Waals surface area (Å²) in [7, 11) is 0. The Bertz CT molecular complexity index is 519. The zero-order chi connectivity index (χ0) is 15.4. The van der Waals surface area contributed by atoms with Gasteiger partial charge in [-0.1, -0.05) is 0 Å². The Labute approximate surface area is 136 Å². The molecule has 1 aromatic rings. The van der Waals surface area contributed by atoms with E-state index in [2.05, 4.69) is 26.5 Å². The second-order valence-corrected chi connectivity index (χ2v) is 7.26. The number of aromatic nitrogens is 1. The highest BCUT2D eigenvalue weighted by Gasteiger charge is 2.23. The summed E-state index contributed by atoms with van der Waals surface area (Å²) in [6.07, 6.45) is 4.20. The van der Waals surface area contributed by atoms with E-state index in [1.807, 2.05) is 0 Å². The van der Waals surface area contributed by atoms with Gasteiger partial charge < -0.3 is 15.5 Å². The van der Waals surface area contributed by atoms with Gasteiger partial charge in [-0.25, -0.2) is 4.98 Å². The molecule has 2 N–H and O–H groups in total. The first-order valence-corrected chi connectivity index (χ1v) is 9.19. The van der Waals surface area contributed by atoms with Crippen LogP contribution in [0.5, 0.6) is 0 Å². The predicted octanol–water partition coefficient (Wildman–Crippen LogP) is 1.45. The molecular weight excluding hydrogens is 296 g/mol. The molecule has 0 aliphatic carbocycles. The molecule has 6 heteroatoms. The molecule has 0 spiro atoms. The van der Waals surface area contributed by atoms with Gasteiger partial charge in [-0.3, -0.25) is 4.79 Å². The molecule has 2 saturated heterocycles. The number of hydrogen-bond donors (Lipinski definition) is 1. The van der Waals surface area contributed by atoms with Crippen LogP contribution < -0.4 is 10.6 Å². The molecule has 1 unspecified atom stereocenters. The van der Waals surface area contributed by atoms with Crippen LogP contribution >= 0.6 is 11.8 Å². The lowest BCUT2D eigenvalue weighted by atomic mass is 10.1. The van der Waals surface area contributed by atoms with Crippen LogP contribution in [-0.4, -0.2) is 60.0 Å². The first kappa shape index (κ1) is 15.6. The molecule has 1 atom stereocenters. The Morgan fingerprint density at radius 2 is 2.27 bits per heavy atom. The van der Waals surface area contributed by atoms with Crippen molar-refractivity contribution in [3.8, 4) is 0 Å². The van der Waals surface area contributed by atoms with Gasteiger partial charge in [0.05, 0.1) is 5.56 Å². The quantitative estimate of drug-likeness (QED) is 0.910. The first-order chi connectivity index (χ1) is 10.7. The summed E-state index contributed by atoms with van der Waals surface area (Å²) in [6.45, 7) is 5.24. The standard InChI is InChI=1S/C16H24N4OS/c17-15(21)14-3-1-5-18-16(14)20-7-2-6-19(8-9-20)11-13-4-10-22-12-13/h1,3,5,13H,2,4,6-12H2,(H2,17,21). The summed E-state index contributed by atoms with van der Waals surface area (Å²) >= 11 is 2.08. The fourth-order valence-electron chi connectivity index (χ4n) is 3.30. The zero-order valence-corrected chi connectivity index (χ0v) is 13.7. The van der Waals surface area contributed by atoms with Crippen molar-refractivity contribution in [1.29, 1.82) is 0 Å². The van der Waals surface area contributed by atoms with Crippen LogP contribution in [0.25, 0.3) is 0 Å². The van der Waals surface area contributed by atoms with Crippen molar-refractivity contribution in [2.24, 2.45) is 11.7 Å². The highest BCUT2D eigenvalue weighted by molar-refractivity contribution is 7.99. The average molecular weight is 320 g/mol. The van der Waals surface area contributed by atoms with Gasteiger partial charge in [-0.2, -0.15) is 11.8 Å². The van der Waals surface area contributed by atoms with Gasteiger partial charge in [0, 0.05) is 32.4 Å². The summed E-state index contributed by atoms with van der Waals surface area (Å²) in [5.74, 6) is 3.83. The second-order valence-electron chi connectivity index (χ2n) is 6.11. The molecule has 0 radical (unpaired) electrons. The molecule has 5 nitrogen and oxygen atoms in total. The van der Waals surface area contributed by atoms with Gasteiger partial charge in [0.1, 0.15) is 5.82 Å². The number of thioether (sulfide) groups is 1. The molecule has 3 heterocycles. The van der Waals surface area contributed by atoms with Gasteiger partial charge in [-0.05, 0) is 48.9 Å². The van der Waals surface area contributed by atoms with E-state index >= 15 is 0 Å². The Kier molecular flexibility index (Phi) is 5.20. The number of primary amides is 1. The van der Waals surface area contributed by atoms with Crippen LogP contribution in [0.4, 0.5) is 5.82 Å². The van der Waals surface area contributed by atoms with E-state index in [0.717, 1.165) is 44.3 Å². The summed E-state index contributed by atoms with van der Waals surface area (Å²) in [5.41, 5.74) is 6.01. The average Bonchev–Trinajstić information content (AvgIpc) is 2.92. The molecule has 2 aliphatic heterocycles. The number of carbonyl (C=O) groups is 1. The second kappa shape index (κ2) is 7.33. The molecule has 3 rings (SSSR count). The lowest BCUT2D eigenvalue weighted by Crippen LogP contribution is -2.35. The van der Waals surface area contributed by atoms with Gasteiger partial charge in [-0.15, -0.1) is 0 Å². The molecule has 2 aliphatic rings. The summed E-state index contributed by atoms with van der Waals surface area (Å²) in [5, 5.41) is 0. The Morgan fingerprint density at radius 1 is 1.36 bits per heavy atom. The van der Waals surface area contributed by atoms with E-state index in [9.17, 15) is 4.79 Å². The van der Waals surface area contributed by atoms with E-state index in [-0.39, 0.29) is 0 Å². The number of amides is 1. The fraction of sp³-hybridized carbons (Fsp3) is 0.625. The minimum Gasteiger partial charge on any atom is -0.365 e. The molecule has 22 heavy (non-hydrogen) atoms. The van der Waals surface area contributed by atoms with Crippen LogP contribution in [0.2, 0.25) is 0 Å². The van der Waals surface area contributed by atoms with Crippen molar-refractivity contribution in [1.82, 2.24) is 9.88 Å². The Hall–Kier alpha value is -1.27. The largest absolute Gasteiger partial charge is 0.365 e. The third-order valence-corrected chi connectivity index (χ3v) is 5.71. The van der Waals surface area contributed by atoms with Crippen LogP contribution in [0, 0.1) is 5.92 Å².